The number of methoxy groups -OCH3 is 1. The van der Waals surface area contributed by atoms with Crippen LogP contribution in [0, 0.1) is 23.7 Å². The summed E-state index contributed by atoms with van der Waals surface area (Å²) in [6, 6.07) is 10.4. The van der Waals surface area contributed by atoms with Gasteiger partial charge in [0.2, 0.25) is 0 Å². The number of allylic oxidation sites excluding steroid dienone is 4. The minimum absolute atomic E-state index is 0.418. The number of aryl methyl sites for hydroxylation is 1. The van der Waals surface area contributed by atoms with E-state index in [0.29, 0.717) is 13.0 Å². The van der Waals surface area contributed by atoms with Crippen LogP contribution in [-0.4, -0.2) is 16.7 Å². The number of imidazole rings is 1. The van der Waals surface area contributed by atoms with E-state index in [1.165, 1.54) is 0 Å². The molecule has 4 heteroatoms. The predicted octanol–water partition coefficient (Wildman–Crippen LogP) is 4.12. The van der Waals surface area contributed by atoms with Crippen molar-refractivity contribution in [2.75, 3.05) is 7.11 Å². The molecule has 1 heterocycles. The summed E-state index contributed by atoms with van der Waals surface area (Å²) < 4.78 is 7.65. The Hall–Kier alpha value is -2.80. The van der Waals surface area contributed by atoms with Crippen molar-refractivity contribution in [3.05, 3.63) is 65.8 Å². The molecule has 1 aromatic carbocycles. The van der Waals surface area contributed by atoms with Gasteiger partial charge in [0, 0.05) is 23.0 Å². The molecule has 0 aliphatic heterocycles. The van der Waals surface area contributed by atoms with E-state index in [-0.39, 0.29) is 0 Å². The molecule has 1 aliphatic carbocycles. The first-order valence-corrected chi connectivity index (χ1v) is 8.01. The number of rotatable bonds is 4. The monoisotopic (exact) mass is 319 g/mol. The van der Waals surface area contributed by atoms with Gasteiger partial charge < -0.3 is 9.30 Å². The Bertz CT molecular complexity index is 854. The van der Waals surface area contributed by atoms with Gasteiger partial charge in [-0.2, -0.15) is 5.26 Å². The Balaban J connectivity index is 1.94. The molecule has 1 atom stereocenters. The summed E-state index contributed by atoms with van der Waals surface area (Å²) in [5.41, 5.74) is 2.85. The van der Waals surface area contributed by atoms with Crippen molar-refractivity contribution in [1.82, 2.24) is 9.55 Å². The number of ether oxygens (including phenoxy) is 1. The van der Waals surface area contributed by atoms with E-state index in [0.717, 1.165) is 28.4 Å². The van der Waals surface area contributed by atoms with Crippen molar-refractivity contribution >= 4 is 5.57 Å². The van der Waals surface area contributed by atoms with Gasteiger partial charge in [-0.3, -0.25) is 0 Å². The molecule has 1 aliphatic rings. The SMILES string of the molecule is COc1ccccc1Cn1c(C)cnc1C1=CCC(C)(C#N)C=C1. The number of nitrogens with zero attached hydrogens (tertiary/aromatic N) is 3. The second-order valence-corrected chi connectivity index (χ2v) is 6.35. The Kier molecular flexibility index (Phi) is 4.26. The third-order valence-corrected chi connectivity index (χ3v) is 4.47. The van der Waals surface area contributed by atoms with Crippen LogP contribution in [0.2, 0.25) is 0 Å². The molecule has 0 spiro atoms. The number of aromatic nitrogens is 2. The Labute approximate surface area is 142 Å². The minimum atomic E-state index is -0.418. The van der Waals surface area contributed by atoms with E-state index in [9.17, 15) is 5.26 Å². The fraction of sp³-hybridized carbons (Fsp3) is 0.300. The van der Waals surface area contributed by atoms with Gasteiger partial charge in [-0.1, -0.05) is 36.4 Å². The molecule has 0 saturated heterocycles. The highest BCUT2D eigenvalue weighted by Crippen LogP contribution is 2.32. The van der Waals surface area contributed by atoms with E-state index in [1.54, 1.807) is 7.11 Å². The van der Waals surface area contributed by atoms with Crippen LogP contribution < -0.4 is 4.74 Å². The molecule has 2 aromatic rings. The van der Waals surface area contributed by atoms with Crippen molar-refractivity contribution in [2.24, 2.45) is 5.41 Å². The standard InChI is InChI=1S/C20H21N3O/c1-15-12-22-19(16-8-10-20(2,14-21)11-9-16)23(15)13-17-6-4-5-7-18(17)24-3/h4-10,12H,11,13H2,1-3H3. The smallest absolute Gasteiger partial charge is 0.140 e. The van der Waals surface area contributed by atoms with E-state index in [4.69, 9.17) is 4.74 Å². The van der Waals surface area contributed by atoms with Crippen LogP contribution in [0.5, 0.6) is 5.75 Å². The number of hydrogen-bond acceptors (Lipinski definition) is 3. The molecule has 0 saturated carbocycles. The maximum atomic E-state index is 9.25. The van der Waals surface area contributed by atoms with Crippen LogP contribution in [0.3, 0.4) is 0 Å². The number of nitriles is 1. The maximum absolute atomic E-state index is 9.25. The van der Waals surface area contributed by atoms with Gasteiger partial charge in [0.1, 0.15) is 11.6 Å². The lowest BCUT2D eigenvalue weighted by atomic mass is 9.83. The average molecular weight is 319 g/mol. The molecule has 1 aromatic heterocycles. The second kappa shape index (κ2) is 6.37. The van der Waals surface area contributed by atoms with Gasteiger partial charge in [-0.25, -0.2) is 4.98 Å². The zero-order valence-electron chi connectivity index (χ0n) is 14.3. The van der Waals surface area contributed by atoms with E-state index in [1.807, 2.05) is 43.5 Å². The van der Waals surface area contributed by atoms with Crippen molar-refractivity contribution in [2.45, 2.75) is 26.8 Å². The Morgan fingerprint density at radius 3 is 2.83 bits per heavy atom. The van der Waals surface area contributed by atoms with Gasteiger partial charge in [-0.15, -0.1) is 0 Å². The highest BCUT2D eigenvalue weighted by Gasteiger charge is 2.23. The average Bonchev–Trinajstić information content (AvgIpc) is 2.97. The Morgan fingerprint density at radius 1 is 1.38 bits per heavy atom. The van der Waals surface area contributed by atoms with Crippen molar-refractivity contribution in [3.63, 3.8) is 0 Å². The minimum Gasteiger partial charge on any atom is -0.496 e. The summed E-state index contributed by atoms with van der Waals surface area (Å²) in [6.07, 6.45) is 8.67. The topological polar surface area (TPSA) is 50.8 Å². The van der Waals surface area contributed by atoms with Gasteiger partial charge in [0.05, 0.1) is 25.1 Å². The van der Waals surface area contributed by atoms with Crippen LogP contribution in [0.1, 0.15) is 30.4 Å². The third kappa shape index (κ3) is 2.98. The molecule has 4 nitrogen and oxygen atoms in total. The molecular weight excluding hydrogens is 298 g/mol. The predicted molar refractivity (Wildman–Crippen MR) is 94.5 cm³/mol. The lowest BCUT2D eigenvalue weighted by molar-refractivity contribution is 0.408. The largest absolute Gasteiger partial charge is 0.496 e. The fourth-order valence-corrected chi connectivity index (χ4v) is 2.88. The zero-order valence-corrected chi connectivity index (χ0v) is 14.3. The summed E-state index contributed by atoms with van der Waals surface area (Å²) in [7, 11) is 1.69. The molecule has 0 amide bonds. The molecule has 0 radical (unpaired) electrons. The van der Waals surface area contributed by atoms with Crippen LogP contribution in [0.4, 0.5) is 0 Å². The Morgan fingerprint density at radius 2 is 2.17 bits per heavy atom. The fourth-order valence-electron chi connectivity index (χ4n) is 2.88. The van der Waals surface area contributed by atoms with Crippen LogP contribution in [0.25, 0.3) is 5.57 Å². The summed E-state index contributed by atoms with van der Waals surface area (Å²) in [5, 5.41) is 9.25. The first kappa shape index (κ1) is 16.1. The van der Waals surface area contributed by atoms with E-state index in [2.05, 4.69) is 34.7 Å². The van der Waals surface area contributed by atoms with Crippen molar-refractivity contribution in [1.29, 1.82) is 5.26 Å². The van der Waals surface area contributed by atoms with Gasteiger partial charge in [0.25, 0.3) is 0 Å². The quantitative estimate of drug-likeness (QED) is 0.851. The molecule has 1 unspecified atom stereocenters. The van der Waals surface area contributed by atoms with Gasteiger partial charge >= 0.3 is 0 Å². The van der Waals surface area contributed by atoms with Gasteiger partial charge in [0.15, 0.2) is 0 Å². The highest BCUT2D eigenvalue weighted by atomic mass is 16.5. The molecule has 122 valence electrons. The van der Waals surface area contributed by atoms with Crippen molar-refractivity contribution in [3.8, 4) is 11.8 Å². The summed E-state index contributed by atoms with van der Waals surface area (Å²) in [4.78, 5) is 4.58. The van der Waals surface area contributed by atoms with Crippen LogP contribution in [0.15, 0.2) is 48.7 Å². The number of hydrogen-bond donors (Lipinski definition) is 0. The molecule has 0 fully saturated rings. The lowest BCUT2D eigenvalue weighted by Gasteiger charge is -2.20. The zero-order chi connectivity index (χ0) is 17.2. The molecule has 0 bridgehead atoms. The maximum Gasteiger partial charge on any atom is 0.140 e. The van der Waals surface area contributed by atoms with E-state index < -0.39 is 5.41 Å². The van der Waals surface area contributed by atoms with Crippen LogP contribution in [-0.2, 0) is 6.54 Å². The van der Waals surface area contributed by atoms with Crippen molar-refractivity contribution < 1.29 is 4.74 Å². The molecule has 3 rings (SSSR count). The highest BCUT2D eigenvalue weighted by molar-refractivity contribution is 5.72. The second-order valence-electron chi connectivity index (χ2n) is 6.35. The molecular formula is C20H21N3O. The van der Waals surface area contributed by atoms with Gasteiger partial charge in [-0.05, 0) is 26.3 Å². The first-order valence-electron chi connectivity index (χ1n) is 8.01. The lowest BCUT2D eigenvalue weighted by Crippen LogP contribution is -2.13. The first-order chi connectivity index (χ1) is 11.6. The summed E-state index contributed by atoms with van der Waals surface area (Å²) >= 11 is 0. The molecule has 24 heavy (non-hydrogen) atoms. The molecule has 0 N–H and O–H groups in total. The summed E-state index contributed by atoms with van der Waals surface area (Å²) in [6.45, 7) is 4.70. The third-order valence-electron chi connectivity index (χ3n) is 4.47. The normalized spacial score (nSPS) is 19.7. The summed E-state index contributed by atoms with van der Waals surface area (Å²) in [5.74, 6) is 1.80. The number of para-hydroxylation sites is 1. The number of benzene rings is 1. The van der Waals surface area contributed by atoms with Crippen LogP contribution >= 0.6 is 0 Å². The van der Waals surface area contributed by atoms with E-state index >= 15 is 0 Å².